The average Bonchev–Trinajstić information content (AvgIpc) is 2.38. The second-order valence-electron chi connectivity index (χ2n) is 4.96. The molecule has 0 radical (unpaired) electrons. The number of hydrogen-bond donors (Lipinski definition) is 1. The molecule has 2 aromatic carbocycles. The summed E-state index contributed by atoms with van der Waals surface area (Å²) in [4.78, 5) is 0. The van der Waals surface area contributed by atoms with Crippen LogP contribution in [0.1, 0.15) is 19.4 Å². The van der Waals surface area contributed by atoms with Crippen LogP contribution in [0.25, 0.3) is 6.08 Å². The molecule has 0 fully saturated rings. The molecule has 0 spiro atoms. The lowest BCUT2D eigenvalue weighted by Gasteiger charge is -2.23. The van der Waals surface area contributed by atoms with Crippen molar-refractivity contribution in [3.63, 3.8) is 0 Å². The molecule has 18 heavy (non-hydrogen) atoms. The summed E-state index contributed by atoms with van der Waals surface area (Å²) in [6, 6.07) is 20.6. The number of nitrogens with one attached hydrogen (secondary N) is 1. The monoisotopic (exact) mass is 237 g/mol. The molecular formula is C17H19N. The Hall–Kier alpha value is -2.02. The van der Waals surface area contributed by atoms with Crippen molar-refractivity contribution in [1.29, 1.82) is 0 Å². The van der Waals surface area contributed by atoms with Gasteiger partial charge in [0.05, 0.1) is 5.54 Å². The van der Waals surface area contributed by atoms with Crippen molar-refractivity contribution >= 4 is 11.8 Å². The Morgan fingerprint density at radius 3 is 2.00 bits per heavy atom. The Kier molecular flexibility index (Phi) is 3.83. The Labute approximate surface area is 109 Å². The summed E-state index contributed by atoms with van der Waals surface area (Å²) in [5, 5.41) is 3.50. The first-order valence-electron chi connectivity index (χ1n) is 6.23. The van der Waals surface area contributed by atoms with E-state index in [1.54, 1.807) is 0 Å². The molecule has 92 valence electrons. The van der Waals surface area contributed by atoms with Gasteiger partial charge in [0.25, 0.3) is 0 Å². The molecule has 0 aliphatic rings. The van der Waals surface area contributed by atoms with Crippen LogP contribution in [0.5, 0.6) is 0 Å². The van der Waals surface area contributed by atoms with Gasteiger partial charge in [-0.2, -0.15) is 0 Å². The van der Waals surface area contributed by atoms with E-state index in [0.29, 0.717) is 0 Å². The number of benzene rings is 2. The van der Waals surface area contributed by atoms with Gasteiger partial charge in [-0.25, -0.2) is 0 Å². The normalized spacial score (nSPS) is 11.7. The molecule has 0 heterocycles. The summed E-state index contributed by atoms with van der Waals surface area (Å²) in [5.41, 5.74) is 2.29. The maximum Gasteiger partial charge on any atom is 0.0503 e. The van der Waals surface area contributed by atoms with Gasteiger partial charge < -0.3 is 5.32 Å². The third kappa shape index (κ3) is 3.77. The molecule has 0 bridgehead atoms. The molecule has 0 aromatic heterocycles. The lowest BCUT2D eigenvalue weighted by Crippen LogP contribution is -2.27. The number of hydrogen-bond acceptors (Lipinski definition) is 1. The maximum absolute atomic E-state index is 3.50. The predicted octanol–water partition coefficient (Wildman–Crippen LogP) is 4.59. The van der Waals surface area contributed by atoms with Crippen LogP contribution < -0.4 is 5.32 Å². The quantitative estimate of drug-likeness (QED) is 0.820. The van der Waals surface area contributed by atoms with Gasteiger partial charge in [0.15, 0.2) is 0 Å². The average molecular weight is 237 g/mol. The molecule has 1 N–H and O–H groups in total. The van der Waals surface area contributed by atoms with Crippen molar-refractivity contribution in [2.24, 2.45) is 0 Å². The van der Waals surface area contributed by atoms with Gasteiger partial charge in [-0.15, -0.1) is 0 Å². The van der Waals surface area contributed by atoms with Crippen molar-refractivity contribution in [2.75, 3.05) is 5.32 Å². The van der Waals surface area contributed by atoms with Gasteiger partial charge in [-0.05, 0) is 31.5 Å². The summed E-state index contributed by atoms with van der Waals surface area (Å²) in [6.45, 7) is 4.33. The van der Waals surface area contributed by atoms with E-state index < -0.39 is 0 Å². The lowest BCUT2D eigenvalue weighted by atomic mass is 10.0. The fourth-order valence-electron chi connectivity index (χ4n) is 1.80. The largest absolute Gasteiger partial charge is 0.377 e. The van der Waals surface area contributed by atoms with Crippen molar-refractivity contribution < 1.29 is 0 Å². The Morgan fingerprint density at radius 2 is 1.39 bits per heavy atom. The first-order valence-corrected chi connectivity index (χ1v) is 6.23. The van der Waals surface area contributed by atoms with Crippen LogP contribution >= 0.6 is 0 Å². The molecule has 1 nitrogen and oxygen atoms in total. The fraction of sp³-hybridized carbons (Fsp3) is 0.176. The van der Waals surface area contributed by atoms with E-state index >= 15 is 0 Å². The highest BCUT2D eigenvalue weighted by molar-refractivity contribution is 5.53. The SMILES string of the molecule is CC(C)(/C=C/c1ccccc1)Nc1ccccc1. The highest BCUT2D eigenvalue weighted by Crippen LogP contribution is 2.17. The zero-order chi connectivity index (χ0) is 12.8. The van der Waals surface area contributed by atoms with Crippen LogP contribution in [0.15, 0.2) is 66.7 Å². The van der Waals surface area contributed by atoms with Crippen LogP contribution in [0.2, 0.25) is 0 Å². The molecule has 0 aliphatic carbocycles. The van der Waals surface area contributed by atoms with Crippen LogP contribution in [0, 0.1) is 0 Å². The van der Waals surface area contributed by atoms with Crippen LogP contribution in [0.3, 0.4) is 0 Å². The molecular weight excluding hydrogens is 218 g/mol. The minimum absolute atomic E-state index is 0.0722. The first kappa shape index (κ1) is 12.4. The second-order valence-corrected chi connectivity index (χ2v) is 4.96. The minimum atomic E-state index is -0.0722. The minimum Gasteiger partial charge on any atom is -0.377 e. The summed E-state index contributed by atoms with van der Waals surface area (Å²) in [7, 11) is 0. The van der Waals surface area contributed by atoms with E-state index in [1.165, 1.54) is 5.56 Å². The summed E-state index contributed by atoms with van der Waals surface area (Å²) >= 11 is 0. The first-order chi connectivity index (χ1) is 8.66. The molecule has 0 saturated heterocycles. The molecule has 0 amide bonds. The molecule has 1 heteroatoms. The van der Waals surface area contributed by atoms with Gasteiger partial charge in [0, 0.05) is 5.69 Å². The highest BCUT2D eigenvalue weighted by atomic mass is 14.9. The topological polar surface area (TPSA) is 12.0 Å². The number of rotatable bonds is 4. The molecule has 0 atom stereocenters. The third-order valence-corrected chi connectivity index (χ3v) is 2.73. The number of anilines is 1. The van der Waals surface area contributed by atoms with Crippen molar-refractivity contribution in [1.82, 2.24) is 0 Å². The van der Waals surface area contributed by atoms with Crippen LogP contribution in [-0.4, -0.2) is 5.54 Å². The zero-order valence-electron chi connectivity index (χ0n) is 10.9. The van der Waals surface area contributed by atoms with Gasteiger partial charge in [0.1, 0.15) is 0 Å². The summed E-state index contributed by atoms with van der Waals surface area (Å²) in [5.74, 6) is 0. The van der Waals surface area contributed by atoms with Gasteiger partial charge in [-0.3, -0.25) is 0 Å². The number of para-hydroxylation sites is 1. The molecule has 2 aromatic rings. The second kappa shape index (κ2) is 5.54. The Balaban J connectivity index is 2.06. The van der Waals surface area contributed by atoms with Gasteiger partial charge >= 0.3 is 0 Å². The van der Waals surface area contributed by atoms with Crippen molar-refractivity contribution in [3.8, 4) is 0 Å². The predicted molar refractivity (Wildman–Crippen MR) is 79.6 cm³/mol. The zero-order valence-corrected chi connectivity index (χ0v) is 10.9. The van der Waals surface area contributed by atoms with Crippen molar-refractivity contribution in [2.45, 2.75) is 19.4 Å². The van der Waals surface area contributed by atoms with Gasteiger partial charge in [0.2, 0.25) is 0 Å². The van der Waals surface area contributed by atoms with E-state index in [4.69, 9.17) is 0 Å². The Morgan fingerprint density at radius 1 is 0.833 bits per heavy atom. The molecule has 2 rings (SSSR count). The summed E-state index contributed by atoms with van der Waals surface area (Å²) in [6.07, 6.45) is 4.34. The third-order valence-electron chi connectivity index (χ3n) is 2.73. The fourth-order valence-corrected chi connectivity index (χ4v) is 1.80. The maximum atomic E-state index is 3.50. The van der Waals surface area contributed by atoms with Gasteiger partial charge in [-0.1, -0.05) is 60.7 Å². The van der Waals surface area contributed by atoms with E-state index in [9.17, 15) is 0 Å². The Bertz CT molecular complexity index is 498. The van der Waals surface area contributed by atoms with E-state index in [-0.39, 0.29) is 5.54 Å². The van der Waals surface area contributed by atoms with E-state index in [1.807, 2.05) is 24.3 Å². The molecule has 0 saturated carbocycles. The molecule has 0 unspecified atom stereocenters. The van der Waals surface area contributed by atoms with Crippen molar-refractivity contribution in [3.05, 3.63) is 72.3 Å². The summed E-state index contributed by atoms with van der Waals surface area (Å²) < 4.78 is 0. The standard InChI is InChI=1S/C17H19N/c1-17(2,18-16-11-7-4-8-12-16)14-13-15-9-5-3-6-10-15/h3-14,18H,1-2H3/b14-13+. The lowest BCUT2D eigenvalue weighted by molar-refractivity contribution is 0.716. The molecule has 0 aliphatic heterocycles. The smallest absolute Gasteiger partial charge is 0.0503 e. The van der Waals surface area contributed by atoms with Crippen LogP contribution in [-0.2, 0) is 0 Å². The van der Waals surface area contributed by atoms with Crippen LogP contribution in [0.4, 0.5) is 5.69 Å². The van der Waals surface area contributed by atoms with E-state index in [0.717, 1.165) is 5.69 Å². The van der Waals surface area contributed by atoms with E-state index in [2.05, 4.69) is 67.7 Å². The highest BCUT2D eigenvalue weighted by Gasteiger charge is 2.12.